The third-order valence-corrected chi connectivity index (χ3v) is 6.57. The predicted octanol–water partition coefficient (Wildman–Crippen LogP) is 5.17. The number of rotatable bonds is 10. The van der Waals surface area contributed by atoms with Crippen molar-refractivity contribution in [3.8, 4) is 0 Å². The van der Waals surface area contributed by atoms with E-state index in [0.29, 0.717) is 25.1 Å². The van der Waals surface area contributed by atoms with E-state index < -0.39 is 6.04 Å². The van der Waals surface area contributed by atoms with Crippen molar-refractivity contribution in [1.82, 2.24) is 10.2 Å². The Morgan fingerprint density at radius 3 is 2.24 bits per heavy atom. The van der Waals surface area contributed by atoms with E-state index in [-0.39, 0.29) is 11.8 Å². The molecule has 2 amide bonds. The van der Waals surface area contributed by atoms with Crippen molar-refractivity contribution in [1.29, 1.82) is 0 Å². The van der Waals surface area contributed by atoms with Crippen molar-refractivity contribution in [3.63, 3.8) is 0 Å². The average molecular weight is 461 g/mol. The highest BCUT2D eigenvalue weighted by molar-refractivity contribution is 7.99. The predicted molar refractivity (Wildman–Crippen MR) is 136 cm³/mol. The zero-order chi connectivity index (χ0) is 23.6. The molecule has 0 bridgehead atoms. The van der Waals surface area contributed by atoms with Gasteiger partial charge in [0.05, 0.1) is 0 Å². The number of hydrogen-bond acceptors (Lipinski definition) is 3. The fourth-order valence-corrected chi connectivity index (χ4v) is 4.60. The van der Waals surface area contributed by atoms with Crippen LogP contribution in [0.2, 0.25) is 0 Å². The molecule has 1 unspecified atom stereocenters. The Bertz CT molecular complexity index is 1050. The lowest BCUT2D eigenvalue weighted by molar-refractivity contribution is -0.140. The van der Waals surface area contributed by atoms with E-state index in [1.165, 1.54) is 5.56 Å². The maximum Gasteiger partial charge on any atom is 0.242 e. The molecule has 5 heteroatoms. The number of thioether (sulfide) groups is 1. The highest BCUT2D eigenvalue weighted by Crippen LogP contribution is 2.21. The summed E-state index contributed by atoms with van der Waals surface area (Å²) in [5, 5.41) is 2.77. The summed E-state index contributed by atoms with van der Waals surface area (Å²) >= 11 is 1.67. The summed E-state index contributed by atoms with van der Waals surface area (Å²) in [6, 6.07) is 25.7. The Balaban J connectivity index is 1.80. The van der Waals surface area contributed by atoms with Crippen LogP contribution < -0.4 is 5.32 Å². The summed E-state index contributed by atoms with van der Waals surface area (Å²) in [5.41, 5.74) is 4.40. The Labute approximate surface area is 201 Å². The number of likely N-dealkylation sites (N-methyl/N-ethyl adjacent to an activating group) is 1. The Hall–Kier alpha value is -3.05. The van der Waals surface area contributed by atoms with Crippen LogP contribution in [0.5, 0.6) is 0 Å². The standard InChI is InChI=1S/C28H32N2O2S/c1-21-12-14-25(15-13-21)33-17-16-27(31)30(20-24-11-7-8-22(2)18-24)26(28(32)29-3)19-23-9-5-4-6-10-23/h4-15,18,26H,16-17,19-20H2,1-3H3,(H,29,32). The summed E-state index contributed by atoms with van der Waals surface area (Å²) in [6.07, 6.45) is 0.843. The molecule has 0 heterocycles. The van der Waals surface area contributed by atoms with Crippen molar-refractivity contribution in [3.05, 3.63) is 101 Å². The summed E-state index contributed by atoms with van der Waals surface area (Å²) in [4.78, 5) is 29.3. The number of nitrogens with one attached hydrogen (secondary N) is 1. The van der Waals surface area contributed by atoms with Gasteiger partial charge in [-0.1, -0.05) is 77.9 Å². The van der Waals surface area contributed by atoms with Crippen LogP contribution in [-0.2, 0) is 22.6 Å². The first-order chi connectivity index (χ1) is 16.0. The van der Waals surface area contributed by atoms with Gasteiger partial charge < -0.3 is 10.2 Å². The molecule has 0 saturated carbocycles. The third kappa shape index (κ3) is 7.50. The first-order valence-electron chi connectivity index (χ1n) is 11.3. The topological polar surface area (TPSA) is 49.4 Å². The van der Waals surface area contributed by atoms with Crippen LogP contribution in [0.3, 0.4) is 0 Å². The van der Waals surface area contributed by atoms with Crippen molar-refractivity contribution >= 4 is 23.6 Å². The van der Waals surface area contributed by atoms with Gasteiger partial charge in [-0.2, -0.15) is 0 Å². The zero-order valence-corrected chi connectivity index (χ0v) is 20.4. The van der Waals surface area contributed by atoms with Gasteiger partial charge in [0.2, 0.25) is 11.8 Å². The van der Waals surface area contributed by atoms with Crippen LogP contribution in [-0.4, -0.2) is 35.6 Å². The second-order valence-corrected chi connectivity index (χ2v) is 9.41. The van der Waals surface area contributed by atoms with Crippen LogP contribution in [0.25, 0.3) is 0 Å². The quantitative estimate of drug-likeness (QED) is 0.425. The lowest BCUT2D eigenvalue weighted by Gasteiger charge is -2.31. The van der Waals surface area contributed by atoms with Crippen molar-refractivity contribution < 1.29 is 9.59 Å². The number of nitrogens with zero attached hydrogens (tertiary/aromatic N) is 1. The number of carbonyl (C=O) groups is 2. The summed E-state index contributed by atoms with van der Waals surface area (Å²) < 4.78 is 0. The molecule has 0 aliphatic heterocycles. The van der Waals surface area contributed by atoms with E-state index in [4.69, 9.17) is 0 Å². The Kier molecular flexibility index (Phi) is 9.14. The Morgan fingerprint density at radius 1 is 0.879 bits per heavy atom. The summed E-state index contributed by atoms with van der Waals surface area (Å²) in [6.45, 7) is 4.50. The van der Waals surface area contributed by atoms with Gasteiger partial charge in [0, 0.05) is 37.1 Å². The SMILES string of the molecule is CNC(=O)C(Cc1ccccc1)N(Cc1cccc(C)c1)C(=O)CCSc1ccc(C)cc1. The molecule has 0 radical (unpaired) electrons. The molecule has 4 nitrogen and oxygen atoms in total. The maximum absolute atomic E-state index is 13.5. The molecule has 3 aromatic rings. The first kappa shape index (κ1) is 24.6. The minimum atomic E-state index is -0.574. The molecule has 0 aliphatic carbocycles. The summed E-state index contributed by atoms with van der Waals surface area (Å²) in [7, 11) is 1.63. The molecule has 0 aliphatic rings. The number of hydrogen-bond donors (Lipinski definition) is 1. The molecule has 0 spiro atoms. The molecule has 0 saturated heterocycles. The van der Waals surface area contributed by atoms with Crippen molar-refractivity contribution in [2.75, 3.05) is 12.8 Å². The van der Waals surface area contributed by atoms with Crippen LogP contribution in [0.1, 0.15) is 28.7 Å². The van der Waals surface area contributed by atoms with Crippen LogP contribution >= 0.6 is 11.8 Å². The maximum atomic E-state index is 13.5. The molecule has 3 rings (SSSR count). The second-order valence-electron chi connectivity index (χ2n) is 8.24. The smallest absolute Gasteiger partial charge is 0.242 e. The van der Waals surface area contributed by atoms with Gasteiger partial charge in [0.15, 0.2) is 0 Å². The van der Waals surface area contributed by atoms with E-state index in [1.807, 2.05) is 55.5 Å². The fraction of sp³-hybridized carbons (Fsp3) is 0.286. The molecule has 33 heavy (non-hydrogen) atoms. The van der Waals surface area contributed by atoms with Gasteiger partial charge in [-0.25, -0.2) is 0 Å². The van der Waals surface area contributed by atoms with Gasteiger partial charge in [-0.3, -0.25) is 9.59 Å². The van der Waals surface area contributed by atoms with Crippen molar-refractivity contribution in [2.45, 2.75) is 44.2 Å². The molecule has 1 N–H and O–H groups in total. The third-order valence-electron chi connectivity index (χ3n) is 5.56. The molecule has 172 valence electrons. The van der Waals surface area contributed by atoms with Crippen LogP contribution in [0.15, 0.2) is 83.8 Å². The minimum Gasteiger partial charge on any atom is -0.357 e. The fourth-order valence-electron chi connectivity index (χ4n) is 3.76. The zero-order valence-electron chi connectivity index (χ0n) is 19.6. The van der Waals surface area contributed by atoms with Gasteiger partial charge >= 0.3 is 0 Å². The summed E-state index contributed by atoms with van der Waals surface area (Å²) in [5.74, 6) is 0.504. The monoisotopic (exact) mass is 460 g/mol. The largest absolute Gasteiger partial charge is 0.357 e. The van der Waals surface area contributed by atoms with Gasteiger partial charge in [0.1, 0.15) is 6.04 Å². The molecular weight excluding hydrogens is 428 g/mol. The van der Waals surface area contributed by atoms with E-state index in [1.54, 1.807) is 23.7 Å². The normalized spacial score (nSPS) is 11.6. The molecule has 1 atom stereocenters. The first-order valence-corrected chi connectivity index (χ1v) is 12.2. The van der Waals surface area contributed by atoms with E-state index in [2.05, 4.69) is 42.6 Å². The van der Waals surface area contributed by atoms with Crippen molar-refractivity contribution in [2.24, 2.45) is 0 Å². The second kappa shape index (κ2) is 12.3. The highest BCUT2D eigenvalue weighted by atomic mass is 32.2. The van der Waals surface area contributed by atoms with Gasteiger partial charge in [-0.15, -0.1) is 11.8 Å². The lowest BCUT2D eigenvalue weighted by atomic mass is 10.0. The van der Waals surface area contributed by atoms with E-state index >= 15 is 0 Å². The highest BCUT2D eigenvalue weighted by Gasteiger charge is 2.29. The molecule has 0 aromatic heterocycles. The number of aryl methyl sites for hydroxylation is 2. The van der Waals surface area contributed by atoms with E-state index in [0.717, 1.165) is 21.6 Å². The Morgan fingerprint density at radius 2 is 1.58 bits per heavy atom. The lowest BCUT2D eigenvalue weighted by Crippen LogP contribution is -2.49. The molecule has 0 fully saturated rings. The number of benzene rings is 3. The molecule has 3 aromatic carbocycles. The average Bonchev–Trinajstić information content (AvgIpc) is 2.82. The van der Waals surface area contributed by atoms with Crippen LogP contribution in [0, 0.1) is 13.8 Å². The number of amides is 2. The van der Waals surface area contributed by atoms with E-state index in [9.17, 15) is 9.59 Å². The number of carbonyl (C=O) groups excluding carboxylic acids is 2. The van der Waals surface area contributed by atoms with Gasteiger partial charge in [0.25, 0.3) is 0 Å². The minimum absolute atomic E-state index is 0.0133. The van der Waals surface area contributed by atoms with Gasteiger partial charge in [-0.05, 0) is 37.1 Å². The van der Waals surface area contributed by atoms with Crippen LogP contribution in [0.4, 0.5) is 0 Å². The molecular formula is C28H32N2O2S.